The minimum absolute atomic E-state index is 0.0420. The average molecular weight is 455 g/mol. The van der Waals surface area contributed by atoms with Gasteiger partial charge in [0.1, 0.15) is 12.4 Å². The summed E-state index contributed by atoms with van der Waals surface area (Å²) in [4.78, 5) is 28.8. The monoisotopic (exact) mass is 454 g/mol. The lowest BCUT2D eigenvalue weighted by Crippen LogP contribution is -2.73. The highest BCUT2D eigenvalue weighted by molar-refractivity contribution is 5.97. The summed E-state index contributed by atoms with van der Waals surface area (Å²) >= 11 is 0. The van der Waals surface area contributed by atoms with Crippen LogP contribution in [0.4, 0.5) is 4.39 Å². The Morgan fingerprint density at radius 2 is 1.59 bits per heavy atom. The lowest BCUT2D eigenvalue weighted by Gasteiger charge is -2.58. The molecule has 2 fully saturated rings. The minimum atomic E-state index is -0.604. The summed E-state index contributed by atoms with van der Waals surface area (Å²) in [6.45, 7) is 0.000268. The number of benzene rings is 3. The van der Waals surface area contributed by atoms with Gasteiger partial charge in [0.25, 0.3) is 5.91 Å². The van der Waals surface area contributed by atoms with Crippen molar-refractivity contribution in [2.75, 3.05) is 19.7 Å². The van der Waals surface area contributed by atoms with Gasteiger partial charge in [-0.25, -0.2) is 4.39 Å². The zero-order chi connectivity index (χ0) is 23.7. The number of carbonyl (C=O) groups excluding carboxylic acids is 2. The summed E-state index contributed by atoms with van der Waals surface area (Å²) in [6, 6.07) is 22.7. The van der Waals surface area contributed by atoms with Crippen molar-refractivity contribution in [1.29, 1.82) is 0 Å². The number of rotatable bonds is 3. The van der Waals surface area contributed by atoms with Gasteiger partial charge in [-0.2, -0.15) is 0 Å². The third-order valence-corrected chi connectivity index (χ3v) is 6.56. The normalized spacial score (nSPS) is 21.2. The Hall–Kier alpha value is -3.95. The quantitative estimate of drug-likeness (QED) is 0.619. The highest BCUT2D eigenvalue weighted by Crippen LogP contribution is 2.43. The fourth-order valence-electron chi connectivity index (χ4n) is 4.91. The van der Waals surface area contributed by atoms with Crippen molar-refractivity contribution in [1.82, 2.24) is 9.80 Å². The van der Waals surface area contributed by atoms with E-state index in [0.717, 1.165) is 16.7 Å². The number of nitrogens with zero attached hydrogens (tertiary/aromatic N) is 2. The molecule has 0 saturated carbocycles. The van der Waals surface area contributed by atoms with Gasteiger partial charge in [0.05, 0.1) is 24.3 Å². The Morgan fingerprint density at radius 3 is 2.26 bits per heavy atom. The first-order valence-electron chi connectivity index (χ1n) is 11.2. The van der Waals surface area contributed by atoms with Crippen molar-refractivity contribution in [3.8, 4) is 11.8 Å². The molecule has 6 heteroatoms. The number of aliphatic hydroxyl groups excluding tert-OH is 1. The molecule has 3 atom stereocenters. The zero-order valence-corrected chi connectivity index (χ0v) is 18.4. The molecule has 2 aliphatic heterocycles. The predicted molar refractivity (Wildman–Crippen MR) is 125 cm³/mol. The molecule has 170 valence electrons. The van der Waals surface area contributed by atoms with Crippen LogP contribution < -0.4 is 0 Å². The van der Waals surface area contributed by atoms with Gasteiger partial charge in [-0.3, -0.25) is 9.59 Å². The van der Waals surface area contributed by atoms with Gasteiger partial charge in [0, 0.05) is 23.6 Å². The highest BCUT2D eigenvalue weighted by atomic mass is 19.1. The second-order valence-electron chi connectivity index (χ2n) is 8.55. The van der Waals surface area contributed by atoms with Crippen LogP contribution in [0.1, 0.15) is 33.0 Å². The van der Waals surface area contributed by atoms with Crippen molar-refractivity contribution in [2.45, 2.75) is 18.0 Å². The van der Waals surface area contributed by atoms with Gasteiger partial charge in [-0.05, 0) is 42.0 Å². The molecule has 0 spiro atoms. The topological polar surface area (TPSA) is 60.9 Å². The van der Waals surface area contributed by atoms with E-state index in [4.69, 9.17) is 0 Å². The second-order valence-corrected chi connectivity index (χ2v) is 8.55. The van der Waals surface area contributed by atoms with Gasteiger partial charge in [-0.15, -0.1) is 0 Å². The van der Waals surface area contributed by atoms with Gasteiger partial charge in [-0.1, -0.05) is 54.3 Å². The Bertz CT molecular complexity index is 1280. The lowest BCUT2D eigenvalue weighted by molar-refractivity contribution is -0.159. The number of hydrogen-bond acceptors (Lipinski definition) is 3. The number of piperazine rings is 1. The number of fused-ring (bicyclic) bond motifs is 1. The van der Waals surface area contributed by atoms with Crippen LogP contribution in [0, 0.1) is 17.7 Å². The second kappa shape index (κ2) is 9.12. The summed E-state index contributed by atoms with van der Waals surface area (Å²) in [5, 5.41) is 9.98. The first-order chi connectivity index (χ1) is 16.6. The molecule has 34 heavy (non-hydrogen) atoms. The van der Waals surface area contributed by atoms with Crippen molar-refractivity contribution in [3.05, 3.63) is 107 Å². The molecule has 5 nitrogen and oxygen atoms in total. The van der Waals surface area contributed by atoms with E-state index in [2.05, 4.69) is 11.8 Å². The van der Waals surface area contributed by atoms with E-state index >= 15 is 0 Å². The van der Waals surface area contributed by atoms with Crippen LogP contribution in [0.2, 0.25) is 0 Å². The smallest absolute Gasteiger partial charge is 0.257 e. The number of carbonyl (C=O) groups is 2. The summed E-state index contributed by atoms with van der Waals surface area (Å²) in [5.74, 6) is 4.82. The molecule has 0 unspecified atom stereocenters. The molecule has 5 rings (SSSR count). The largest absolute Gasteiger partial charge is 0.394 e. The third kappa shape index (κ3) is 3.95. The first-order valence-corrected chi connectivity index (χ1v) is 11.2. The molecule has 2 saturated heterocycles. The van der Waals surface area contributed by atoms with Crippen LogP contribution in [0.3, 0.4) is 0 Å². The van der Waals surface area contributed by atoms with E-state index in [1.807, 2.05) is 54.6 Å². The van der Waals surface area contributed by atoms with Crippen LogP contribution in [0.15, 0.2) is 78.9 Å². The maximum absolute atomic E-state index is 14.2. The van der Waals surface area contributed by atoms with Gasteiger partial charge < -0.3 is 14.9 Å². The van der Waals surface area contributed by atoms with Gasteiger partial charge in [0.2, 0.25) is 5.91 Å². The molecule has 0 aromatic heterocycles. The lowest BCUT2D eigenvalue weighted by atomic mass is 9.73. The molecule has 0 radical (unpaired) electrons. The summed E-state index contributed by atoms with van der Waals surface area (Å²) < 4.78 is 14.2. The van der Waals surface area contributed by atoms with Crippen LogP contribution in [0.25, 0.3) is 0 Å². The Balaban J connectivity index is 1.36. The third-order valence-electron chi connectivity index (χ3n) is 6.56. The number of halogens is 1. The summed E-state index contributed by atoms with van der Waals surface area (Å²) in [5.41, 5.74) is 2.72. The molecular weight excluding hydrogens is 431 g/mol. The first kappa shape index (κ1) is 21.9. The number of aliphatic hydroxyl groups is 1. The molecule has 2 amide bonds. The molecule has 3 aromatic rings. The van der Waals surface area contributed by atoms with Crippen LogP contribution >= 0.6 is 0 Å². The maximum atomic E-state index is 14.2. The number of amides is 2. The molecule has 0 aliphatic carbocycles. The van der Waals surface area contributed by atoms with Crippen molar-refractivity contribution < 1.29 is 19.1 Å². The standard InChI is InChI=1S/C28H23FN2O3/c29-23-9-5-4-8-22(23)28(34)30-16-24-27(25(18-32)31(24)26(33)17-30)21-14-12-20(13-15-21)11-10-19-6-2-1-3-7-19/h1-9,12-15,24-25,27,32H,16-18H2/t24-,25+,27+/m1/s1. The van der Waals surface area contributed by atoms with Crippen LogP contribution in [-0.4, -0.2) is 58.5 Å². The van der Waals surface area contributed by atoms with Gasteiger partial charge >= 0.3 is 0 Å². The summed E-state index contributed by atoms with van der Waals surface area (Å²) in [7, 11) is 0. The Kier molecular flexibility index (Phi) is 5.87. The Labute approximate surface area is 197 Å². The van der Waals surface area contributed by atoms with E-state index in [1.54, 1.807) is 11.0 Å². The average Bonchev–Trinajstić information content (AvgIpc) is 2.85. The molecule has 3 aromatic carbocycles. The van der Waals surface area contributed by atoms with Gasteiger partial charge in [0.15, 0.2) is 0 Å². The minimum Gasteiger partial charge on any atom is -0.394 e. The fraction of sp³-hybridized carbons (Fsp3) is 0.214. The van der Waals surface area contributed by atoms with Crippen LogP contribution in [0.5, 0.6) is 0 Å². The van der Waals surface area contributed by atoms with E-state index in [0.29, 0.717) is 0 Å². The van der Waals surface area contributed by atoms with Crippen molar-refractivity contribution in [3.63, 3.8) is 0 Å². The van der Waals surface area contributed by atoms with Crippen LogP contribution in [-0.2, 0) is 4.79 Å². The fourth-order valence-corrected chi connectivity index (χ4v) is 4.91. The van der Waals surface area contributed by atoms with E-state index in [1.165, 1.54) is 23.1 Å². The summed E-state index contributed by atoms with van der Waals surface area (Å²) in [6.07, 6.45) is 0. The number of hydrogen-bond donors (Lipinski definition) is 1. The Morgan fingerprint density at radius 1 is 0.941 bits per heavy atom. The molecular formula is C28H23FN2O3. The molecule has 0 bridgehead atoms. The van der Waals surface area contributed by atoms with E-state index in [-0.39, 0.29) is 49.2 Å². The molecule has 1 N–H and O–H groups in total. The predicted octanol–water partition coefficient (Wildman–Crippen LogP) is 3.04. The van der Waals surface area contributed by atoms with Crippen molar-refractivity contribution >= 4 is 11.8 Å². The highest BCUT2D eigenvalue weighted by Gasteiger charge is 2.54. The molecule has 2 heterocycles. The van der Waals surface area contributed by atoms with E-state index < -0.39 is 11.7 Å². The SMILES string of the molecule is O=C(c1ccccc1F)N1CC(=O)N2[C@H](C1)[C@H](c1ccc(C#Cc3ccccc3)cc1)[C@@H]2CO. The zero-order valence-electron chi connectivity index (χ0n) is 18.4. The van der Waals surface area contributed by atoms with E-state index in [9.17, 15) is 19.1 Å². The maximum Gasteiger partial charge on any atom is 0.257 e. The molecule has 2 aliphatic rings. The van der Waals surface area contributed by atoms with Crippen molar-refractivity contribution in [2.24, 2.45) is 0 Å².